The van der Waals surface area contributed by atoms with Gasteiger partial charge in [0, 0.05) is 5.92 Å². The number of rotatable bonds is 3. The van der Waals surface area contributed by atoms with Crippen molar-refractivity contribution in [2.24, 2.45) is 5.92 Å². The van der Waals surface area contributed by atoms with Gasteiger partial charge in [-0.3, -0.25) is 4.55 Å². The lowest BCUT2D eigenvalue weighted by Gasteiger charge is -2.21. The average Bonchev–Trinajstić information content (AvgIpc) is 2.65. The van der Waals surface area contributed by atoms with Crippen LogP contribution < -0.4 is 0 Å². The summed E-state index contributed by atoms with van der Waals surface area (Å²) in [4.78, 5) is 10.9. The minimum Gasteiger partial charge on any atom is -0.741 e. The first-order valence-electron chi connectivity index (χ1n) is 9.36. The average molecular weight is 573 g/mol. The number of alkyl halides is 6. The van der Waals surface area contributed by atoms with Crippen molar-refractivity contribution >= 4 is 51.4 Å². The summed E-state index contributed by atoms with van der Waals surface area (Å²) >= 11 is 1.52. The minimum absolute atomic E-state index is 0. The Labute approximate surface area is 199 Å². The molecule has 1 N–H and O–H groups in total. The number of carbonyl (C=O) groups excluding carboxylic acids is 1. The maximum Gasteiger partial charge on any atom is 0.522 e. The summed E-state index contributed by atoms with van der Waals surface area (Å²) in [6.07, 6.45) is 11.9. The van der Waals surface area contributed by atoms with E-state index in [0.717, 1.165) is 17.9 Å². The summed E-state index contributed by atoms with van der Waals surface area (Å²) in [5, 5.41) is 0.563. The first-order valence-corrected chi connectivity index (χ1v) is 13.4. The highest BCUT2D eigenvalue weighted by molar-refractivity contribution is 7.86. The van der Waals surface area contributed by atoms with Gasteiger partial charge in [-0.2, -0.15) is 48.3 Å². The Morgan fingerprint density at radius 1 is 0.909 bits per heavy atom. The summed E-state index contributed by atoms with van der Waals surface area (Å²) in [6, 6.07) is 0. The molecule has 1 unspecified atom stereocenters. The molecule has 1 atom stereocenters. The summed E-state index contributed by atoms with van der Waals surface area (Å²) in [5.41, 5.74) is -10.1. The van der Waals surface area contributed by atoms with E-state index in [1.165, 1.54) is 68.9 Å². The van der Waals surface area contributed by atoms with Gasteiger partial charge >= 0.3 is 21.1 Å². The molecule has 2 fully saturated rings. The molecule has 0 saturated heterocycles. The van der Waals surface area contributed by atoms with E-state index in [1.54, 1.807) is 0 Å². The molecule has 0 bridgehead atoms. The van der Waals surface area contributed by atoms with Crippen LogP contribution in [0.3, 0.4) is 0 Å². The molecule has 2 saturated carbocycles. The predicted molar refractivity (Wildman–Crippen MR) is 115 cm³/mol. The van der Waals surface area contributed by atoms with Gasteiger partial charge < -0.3 is 4.55 Å². The van der Waals surface area contributed by atoms with Crippen LogP contribution in [0.5, 0.6) is 0 Å². The molecule has 0 aromatic carbocycles. The topological polar surface area (TPSA) is 129 Å². The van der Waals surface area contributed by atoms with Gasteiger partial charge in [0.1, 0.15) is 16.9 Å². The first kappa shape index (κ1) is 34.7. The van der Waals surface area contributed by atoms with Crippen LogP contribution in [0, 0.1) is 5.92 Å². The van der Waals surface area contributed by atoms with Gasteiger partial charge in [0.2, 0.25) is 0 Å². The molecule has 2 aliphatic carbocycles. The van der Waals surface area contributed by atoms with Crippen LogP contribution in [0.2, 0.25) is 0 Å². The van der Waals surface area contributed by atoms with Crippen molar-refractivity contribution in [2.45, 2.75) is 74.1 Å². The number of hydrogen-bond acceptors (Lipinski definition) is 6. The van der Waals surface area contributed by atoms with Gasteiger partial charge in [-0.25, -0.2) is 13.2 Å². The highest BCUT2D eigenvalue weighted by atomic mass is 32.2. The Kier molecular flexibility index (Phi) is 15.6. The third-order valence-electron chi connectivity index (χ3n) is 4.59. The van der Waals surface area contributed by atoms with E-state index < -0.39 is 31.3 Å². The van der Waals surface area contributed by atoms with Crippen LogP contribution in [0.1, 0.15) is 57.8 Å². The zero-order chi connectivity index (χ0) is 25.2. The second-order valence-corrected chi connectivity index (χ2v) is 11.2. The van der Waals surface area contributed by atoms with Crippen LogP contribution in [-0.2, 0) is 36.8 Å². The van der Waals surface area contributed by atoms with Gasteiger partial charge in [-0.15, -0.1) is 0 Å². The Bertz CT molecular complexity index is 786. The van der Waals surface area contributed by atoms with Crippen molar-refractivity contribution in [3.05, 3.63) is 5.57 Å². The molecule has 0 radical (unpaired) electrons. The van der Waals surface area contributed by atoms with Crippen molar-refractivity contribution < 1.29 is 57.1 Å². The van der Waals surface area contributed by atoms with Gasteiger partial charge in [0.15, 0.2) is 10.1 Å². The van der Waals surface area contributed by atoms with Crippen molar-refractivity contribution in [1.82, 2.24) is 0 Å². The molecular formula is C16H26F6O7S4. The minimum atomic E-state index is -6.09. The standard InChI is InChI=1S/C14H22OS.2CHF3O3S.H2S/c15-10-13-8-4-5-9-14(13)16-11-12-6-2-1-3-7-12;2*2-1(3,4)8(5,6)7;/h12,14H,1-9,11H2;2*(H,5,6,7);1H2. The third kappa shape index (κ3) is 14.5. The molecule has 0 aromatic heterocycles. The maximum absolute atomic E-state index is 10.9. The highest BCUT2D eigenvalue weighted by Gasteiger charge is 2.44. The second kappa shape index (κ2) is 14.8. The van der Waals surface area contributed by atoms with Crippen molar-refractivity contribution in [3.8, 4) is 0 Å². The second-order valence-electron chi connectivity index (χ2n) is 7.08. The van der Waals surface area contributed by atoms with E-state index in [0.29, 0.717) is 5.25 Å². The smallest absolute Gasteiger partial charge is 0.522 e. The monoisotopic (exact) mass is 572 g/mol. The van der Waals surface area contributed by atoms with Crippen molar-refractivity contribution in [1.29, 1.82) is 0 Å². The zero-order valence-corrected chi connectivity index (χ0v) is 20.7. The summed E-state index contributed by atoms with van der Waals surface area (Å²) in [6.45, 7) is 0. The quantitative estimate of drug-likeness (QED) is 0.137. The van der Waals surface area contributed by atoms with E-state index in [-0.39, 0.29) is 13.5 Å². The highest BCUT2D eigenvalue weighted by Crippen LogP contribution is 2.28. The predicted octanol–water partition coefficient (Wildman–Crippen LogP) is 3.64. The van der Waals surface area contributed by atoms with Gasteiger partial charge in [0.05, 0.1) is 5.57 Å². The normalized spacial score (nSPS) is 20.2. The Hall–Kier alpha value is -0.450. The fourth-order valence-corrected chi connectivity index (χ4v) is 4.65. The fourth-order valence-electron chi connectivity index (χ4n) is 2.96. The molecule has 0 spiro atoms. The van der Waals surface area contributed by atoms with E-state index in [1.807, 2.05) is 0 Å². The van der Waals surface area contributed by atoms with Gasteiger partial charge in [-0.05, 0) is 50.3 Å². The van der Waals surface area contributed by atoms with Gasteiger partial charge in [-0.1, -0.05) is 19.3 Å². The molecule has 2 aliphatic rings. The van der Waals surface area contributed by atoms with E-state index in [4.69, 9.17) is 25.9 Å². The van der Waals surface area contributed by atoms with Crippen molar-refractivity contribution in [3.63, 3.8) is 0 Å². The van der Waals surface area contributed by atoms with Crippen LogP contribution in [0.15, 0.2) is 5.57 Å². The number of thiol groups is 1. The number of hydrogen-bond donors (Lipinski definition) is 1. The molecule has 33 heavy (non-hydrogen) atoms. The molecule has 2 rings (SSSR count). The summed E-state index contributed by atoms with van der Waals surface area (Å²) in [5.74, 6) is 4.48. The fraction of sp³-hybridized carbons (Fsp3) is 0.875. The maximum atomic E-state index is 10.9. The Morgan fingerprint density at radius 2 is 1.33 bits per heavy atom. The Morgan fingerprint density at radius 3 is 1.70 bits per heavy atom. The van der Waals surface area contributed by atoms with Gasteiger partial charge in [0.25, 0.3) is 0 Å². The molecule has 198 valence electrons. The van der Waals surface area contributed by atoms with Crippen molar-refractivity contribution in [2.75, 3.05) is 5.75 Å². The third-order valence-corrected chi connectivity index (χ3v) is 7.48. The summed E-state index contributed by atoms with van der Waals surface area (Å²) < 4.78 is 116. The lowest BCUT2D eigenvalue weighted by atomic mass is 9.91. The first-order chi connectivity index (χ1) is 14.4. The number of halogens is 6. The molecule has 17 heteroatoms. The lowest BCUT2D eigenvalue weighted by Crippen LogP contribution is -2.23. The van der Waals surface area contributed by atoms with Crippen LogP contribution in [0.4, 0.5) is 26.3 Å². The van der Waals surface area contributed by atoms with Crippen LogP contribution in [0.25, 0.3) is 0 Å². The van der Waals surface area contributed by atoms with Crippen LogP contribution in [-0.4, -0.2) is 53.9 Å². The van der Waals surface area contributed by atoms with E-state index in [9.17, 15) is 31.1 Å². The Balaban J connectivity index is 0. The van der Waals surface area contributed by atoms with E-state index >= 15 is 0 Å². The SMILES string of the molecule is O=C=C1CCCCC1[SH+]CC1CCCCC1.O=S(=O)(O)C(F)(F)F.O=S(=O)([O-])C(F)(F)F.S. The van der Waals surface area contributed by atoms with E-state index in [2.05, 4.69) is 5.94 Å². The lowest BCUT2D eigenvalue weighted by molar-refractivity contribution is -0.0519. The molecule has 0 aromatic rings. The summed E-state index contributed by atoms with van der Waals surface area (Å²) in [7, 11) is -11.9. The molecular weight excluding hydrogens is 546 g/mol. The zero-order valence-electron chi connectivity index (χ0n) is 17.2. The largest absolute Gasteiger partial charge is 0.741 e. The molecule has 7 nitrogen and oxygen atoms in total. The van der Waals surface area contributed by atoms with Crippen LogP contribution >= 0.6 is 13.5 Å². The molecule has 0 heterocycles. The molecule has 0 amide bonds. The molecule has 0 aliphatic heterocycles.